The zero-order valence-electron chi connectivity index (χ0n) is 8.70. The molecule has 0 aromatic rings. The van der Waals surface area contributed by atoms with Gasteiger partial charge in [0.25, 0.3) is 0 Å². The van der Waals surface area contributed by atoms with Crippen molar-refractivity contribution in [1.82, 2.24) is 0 Å². The maximum Gasteiger partial charge on any atom is 0.320 e. The van der Waals surface area contributed by atoms with Crippen molar-refractivity contribution in [3.05, 3.63) is 0 Å². The summed E-state index contributed by atoms with van der Waals surface area (Å²) in [5.74, 6) is -0.660. The Hall–Kier alpha value is -1.57. The molecule has 0 aromatic carbocycles. The molecule has 0 fully saturated rings. The van der Waals surface area contributed by atoms with Gasteiger partial charge in [0.2, 0.25) is 0 Å². The maximum absolute atomic E-state index is 10.2. The zero-order chi connectivity index (χ0) is 11.4. The van der Waals surface area contributed by atoms with Gasteiger partial charge in [0.1, 0.15) is 6.42 Å². The zero-order valence-corrected chi connectivity index (χ0v) is 8.70. The molecule has 0 spiro atoms. The molecule has 0 saturated carbocycles. The first kappa shape index (κ1) is 14.9. The van der Waals surface area contributed by atoms with Gasteiger partial charge in [-0.3, -0.25) is 9.59 Å². The third-order valence-corrected chi connectivity index (χ3v) is 0.876. The number of carbonyl (C=O) groups is 2. The first-order chi connectivity index (χ1) is 6.58. The van der Waals surface area contributed by atoms with E-state index >= 15 is 0 Å². The highest BCUT2D eigenvalue weighted by atomic mass is 16.5. The summed E-state index contributed by atoms with van der Waals surface area (Å²) in [4.78, 5) is 20.0. The predicted octanol–water partition coefficient (Wildman–Crippen LogP) is 1.03. The molecular formula is C9H15NO4. The molecular weight excluding hydrogens is 186 g/mol. The molecule has 5 heteroatoms. The summed E-state index contributed by atoms with van der Waals surface area (Å²) < 4.78 is 8.82. The van der Waals surface area contributed by atoms with Crippen molar-refractivity contribution < 1.29 is 19.1 Å². The first-order valence-corrected chi connectivity index (χ1v) is 4.24. The summed E-state index contributed by atoms with van der Waals surface area (Å²) >= 11 is 0. The fourth-order valence-corrected chi connectivity index (χ4v) is 0.480. The second kappa shape index (κ2) is 11.4. The Morgan fingerprint density at radius 2 is 1.71 bits per heavy atom. The molecule has 0 atom stereocenters. The van der Waals surface area contributed by atoms with Crippen LogP contribution in [0.15, 0.2) is 0 Å². The van der Waals surface area contributed by atoms with Gasteiger partial charge in [0.15, 0.2) is 0 Å². The molecule has 14 heavy (non-hydrogen) atoms. The van der Waals surface area contributed by atoms with Gasteiger partial charge in [0.05, 0.1) is 19.3 Å². The SMILES string of the molecule is CCOC(=O)CC#N.CCOC(C)=O. The normalized spacial score (nSPS) is 7.57. The van der Waals surface area contributed by atoms with Crippen LogP contribution in [-0.4, -0.2) is 25.2 Å². The van der Waals surface area contributed by atoms with Crippen molar-refractivity contribution in [2.75, 3.05) is 13.2 Å². The lowest BCUT2D eigenvalue weighted by Gasteiger charge is -1.92. The Morgan fingerprint density at radius 3 is 1.93 bits per heavy atom. The Balaban J connectivity index is 0. The lowest BCUT2D eigenvalue weighted by molar-refractivity contribution is -0.142. The van der Waals surface area contributed by atoms with Gasteiger partial charge < -0.3 is 9.47 Å². The molecule has 0 N–H and O–H groups in total. The summed E-state index contributed by atoms with van der Waals surface area (Å²) in [6.45, 7) is 5.70. The van der Waals surface area contributed by atoms with Crippen molar-refractivity contribution in [3.63, 3.8) is 0 Å². The number of nitriles is 1. The molecule has 0 radical (unpaired) electrons. The van der Waals surface area contributed by atoms with E-state index in [1.807, 2.05) is 0 Å². The molecule has 0 bridgehead atoms. The minimum absolute atomic E-state index is 0.145. The van der Waals surface area contributed by atoms with Crippen LogP contribution in [-0.2, 0) is 19.1 Å². The molecule has 0 aliphatic carbocycles. The highest BCUT2D eigenvalue weighted by Gasteiger charge is 1.95. The van der Waals surface area contributed by atoms with Crippen molar-refractivity contribution in [2.45, 2.75) is 27.2 Å². The van der Waals surface area contributed by atoms with Gasteiger partial charge in [-0.15, -0.1) is 0 Å². The van der Waals surface area contributed by atoms with Gasteiger partial charge in [-0.2, -0.15) is 5.26 Å². The number of nitrogens with zero attached hydrogens (tertiary/aromatic N) is 1. The number of hydrogen-bond donors (Lipinski definition) is 0. The van der Waals surface area contributed by atoms with Crippen LogP contribution in [0.2, 0.25) is 0 Å². The molecule has 0 rings (SSSR count). The van der Waals surface area contributed by atoms with E-state index in [2.05, 4.69) is 9.47 Å². The molecule has 0 amide bonds. The van der Waals surface area contributed by atoms with Gasteiger partial charge in [-0.25, -0.2) is 0 Å². The van der Waals surface area contributed by atoms with Gasteiger partial charge in [0, 0.05) is 6.92 Å². The fourth-order valence-electron chi connectivity index (χ4n) is 0.480. The summed E-state index contributed by atoms with van der Waals surface area (Å²) in [5, 5.41) is 7.91. The molecule has 80 valence electrons. The number of rotatable bonds is 3. The van der Waals surface area contributed by atoms with Crippen LogP contribution >= 0.6 is 0 Å². The van der Waals surface area contributed by atoms with Crippen molar-refractivity contribution in [1.29, 1.82) is 5.26 Å². The molecule has 0 saturated heterocycles. The average Bonchev–Trinajstić information content (AvgIpc) is 2.05. The van der Waals surface area contributed by atoms with E-state index in [9.17, 15) is 9.59 Å². The summed E-state index contributed by atoms with van der Waals surface area (Å²) in [5.41, 5.74) is 0. The topological polar surface area (TPSA) is 76.4 Å². The molecule has 0 heterocycles. The van der Waals surface area contributed by atoms with Crippen LogP contribution in [0.5, 0.6) is 0 Å². The van der Waals surface area contributed by atoms with Crippen molar-refractivity contribution in [3.8, 4) is 6.07 Å². The smallest absolute Gasteiger partial charge is 0.320 e. The van der Waals surface area contributed by atoms with Gasteiger partial charge >= 0.3 is 11.9 Å². The highest BCUT2D eigenvalue weighted by molar-refractivity contribution is 5.71. The van der Waals surface area contributed by atoms with Crippen LogP contribution in [0.4, 0.5) is 0 Å². The van der Waals surface area contributed by atoms with E-state index in [0.717, 1.165) is 0 Å². The number of ether oxygens (including phenoxy) is 2. The molecule has 0 aromatic heterocycles. The van der Waals surface area contributed by atoms with Crippen LogP contribution < -0.4 is 0 Å². The van der Waals surface area contributed by atoms with Crippen LogP contribution in [0.1, 0.15) is 27.2 Å². The van der Waals surface area contributed by atoms with E-state index in [-0.39, 0.29) is 12.4 Å². The molecule has 0 unspecified atom stereocenters. The molecule has 0 aliphatic heterocycles. The lowest BCUT2D eigenvalue weighted by Crippen LogP contribution is -2.01. The highest BCUT2D eigenvalue weighted by Crippen LogP contribution is 1.81. The van der Waals surface area contributed by atoms with Crippen LogP contribution in [0, 0.1) is 11.3 Å². The van der Waals surface area contributed by atoms with E-state index < -0.39 is 5.97 Å². The fraction of sp³-hybridized carbons (Fsp3) is 0.667. The van der Waals surface area contributed by atoms with Crippen molar-refractivity contribution >= 4 is 11.9 Å². The summed E-state index contributed by atoms with van der Waals surface area (Å²) in [6, 6.07) is 1.68. The third kappa shape index (κ3) is 16.8. The second-order valence-electron chi connectivity index (χ2n) is 2.06. The predicted molar refractivity (Wildman–Crippen MR) is 49.2 cm³/mol. The van der Waals surface area contributed by atoms with Crippen molar-refractivity contribution in [2.24, 2.45) is 0 Å². The van der Waals surface area contributed by atoms with Crippen LogP contribution in [0.3, 0.4) is 0 Å². The van der Waals surface area contributed by atoms with Gasteiger partial charge in [-0.1, -0.05) is 0 Å². The average molecular weight is 201 g/mol. The summed E-state index contributed by atoms with van der Waals surface area (Å²) in [6.07, 6.45) is -0.145. The maximum atomic E-state index is 10.2. The monoisotopic (exact) mass is 201 g/mol. The third-order valence-electron chi connectivity index (χ3n) is 0.876. The second-order valence-corrected chi connectivity index (χ2v) is 2.06. The lowest BCUT2D eigenvalue weighted by atomic mass is 10.5. The van der Waals surface area contributed by atoms with E-state index in [1.54, 1.807) is 19.9 Å². The summed E-state index contributed by atoms with van der Waals surface area (Å²) in [7, 11) is 0. The Labute approximate surface area is 83.6 Å². The minimum atomic E-state index is -0.449. The quantitative estimate of drug-likeness (QED) is 0.637. The molecule has 0 aliphatic rings. The number of carbonyl (C=O) groups excluding carboxylic acids is 2. The van der Waals surface area contributed by atoms with E-state index in [0.29, 0.717) is 13.2 Å². The van der Waals surface area contributed by atoms with E-state index in [1.165, 1.54) is 6.92 Å². The first-order valence-electron chi connectivity index (χ1n) is 4.24. The van der Waals surface area contributed by atoms with Gasteiger partial charge in [-0.05, 0) is 13.8 Å². The van der Waals surface area contributed by atoms with E-state index in [4.69, 9.17) is 5.26 Å². The molecule has 5 nitrogen and oxygen atoms in total. The largest absolute Gasteiger partial charge is 0.466 e. The Bertz CT molecular complexity index is 207. The Morgan fingerprint density at radius 1 is 1.21 bits per heavy atom. The number of esters is 2. The van der Waals surface area contributed by atoms with Crippen LogP contribution in [0.25, 0.3) is 0 Å². The minimum Gasteiger partial charge on any atom is -0.466 e. The number of hydrogen-bond acceptors (Lipinski definition) is 5. The Kier molecular flexibility index (Phi) is 12.2. The standard InChI is InChI=1S/C5H7NO2.C4H8O2/c1-2-8-5(7)3-4-6;1-3-6-4(2)5/h2-3H2,1H3;3H2,1-2H3.